The molecule has 0 aliphatic rings. The van der Waals surface area contributed by atoms with E-state index in [9.17, 15) is 19.2 Å². The van der Waals surface area contributed by atoms with Gasteiger partial charge in [-0.15, -0.1) is 0 Å². The van der Waals surface area contributed by atoms with E-state index in [4.69, 9.17) is 9.84 Å². The molecule has 4 N–H and O–H groups in total. The topological polar surface area (TPSA) is 134 Å². The van der Waals surface area contributed by atoms with Crippen LogP contribution in [0.15, 0.2) is 24.3 Å². The number of ketones is 1. The van der Waals surface area contributed by atoms with Crippen molar-refractivity contribution in [3.63, 3.8) is 0 Å². The zero-order valence-corrected chi connectivity index (χ0v) is 23.3. The molecule has 2 aromatic rings. The normalized spacial score (nSPS) is 10.4. The van der Waals surface area contributed by atoms with Gasteiger partial charge >= 0.3 is 5.97 Å². The molecule has 0 fully saturated rings. The fourth-order valence-corrected chi connectivity index (χ4v) is 7.16. The second kappa shape index (κ2) is 12.1. The molecule has 0 atom stereocenters. The van der Waals surface area contributed by atoms with Gasteiger partial charge in [-0.05, 0) is 79.9 Å². The van der Waals surface area contributed by atoms with Crippen LogP contribution in [0.2, 0.25) is 0 Å². The Bertz CT molecular complexity index is 1090. The summed E-state index contributed by atoms with van der Waals surface area (Å²) in [6, 6.07) is 6.51. The van der Waals surface area contributed by atoms with E-state index in [1.807, 2.05) is 67.8 Å². The monoisotopic (exact) mass is 777 g/mol. The minimum Gasteiger partial charge on any atom is -0.480 e. The van der Waals surface area contributed by atoms with Gasteiger partial charge in [-0.2, -0.15) is 0 Å². The van der Waals surface area contributed by atoms with E-state index in [2.05, 4.69) is 16.0 Å². The largest absolute Gasteiger partial charge is 0.480 e. The lowest BCUT2D eigenvalue weighted by Gasteiger charge is -2.19. The van der Waals surface area contributed by atoms with E-state index in [1.165, 1.54) is 14.2 Å². The number of carboxylic acid groups (broad SMARTS) is 1. The van der Waals surface area contributed by atoms with Crippen LogP contribution >= 0.6 is 67.8 Å². The molecule has 170 valence electrons. The molecule has 0 heterocycles. The van der Waals surface area contributed by atoms with Gasteiger partial charge in [-0.25, -0.2) is 0 Å². The Balaban J connectivity index is 2.72. The molecule has 0 aliphatic carbocycles. The molecule has 0 radical (unpaired) electrons. The van der Waals surface area contributed by atoms with Crippen molar-refractivity contribution in [3.05, 3.63) is 51.7 Å². The quantitative estimate of drug-likeness (QED) is 0.227. The third kappa shape index (κ3) is 6.07. The molecule has 0 bridgehead atoms. The molecule has 0 aromatic heterocycles. The van der Waals surface area contributed by atoms with Crippen LogP contribution in [0.25, 0.3) is 0 Å². The number of methoxy groups -OCH3 is 1. The fraction of sp³-hybridized carbons (Fsp3) is 0.200. The summed E-state index contributed by atoms with van der Waals surface area (Å²) in [6.45, 7) is -0.564. The Morgan fingerprint density at radius 3 is 2.22 bits per heavy atom. The molecule has 12 heteroatoms. The van der Waals surface area contributed by atoms with Crippen molar-refractivity contribution in [2.24, 2.45) is 0 Å². The Labute approximate surface area is 224 Å². The number of benzene rings is 2. The molecule has 32 heavy (non-hydrogen) atoms. The van der Waals surface area contributed by atoms with Gasteiger partial charge in [0.05, 0.1) is 20.4 Å². The average Bonchev–Trinajstić information content (AvgIpc) is 2.75. The molecular formula is C20H18I3N3O6. The predicted molar refractivity (Wildman–Crippen MR) is 144 cm³/mol. The zero-order chi connectivity index (χ0) is 24.0. The minimum absolute atomic E-state index is 0.196. The summed E-state index contributed by atoms with van der Waals surface area (Å²) in [6.07, 6.45) is 0. The minimum atomic E-state index is -1.07. The van der Waals surface area contributed by atoms with Crippen LogP contribution in [0.4, 0.5) is 11.4 Å². The summed E-state index contributed by atoms with van der Waals surface area (Å²) in [7, 11) is 2.86. The molecule has 2 aromatic carbocycles. The second-order valence-electron chi connectivity index (χ2n) is 6.25. The molecule has 9 nitrogen and oxygen atoms in total. The second-order valence-corrected chi connectivity index (χ2v) is 9.49. The first-order valence-electron chi connectivity index (χ1n) is 8.94. The van der Waals surface area contributed by atoms with Crippen molar-refractivity contribution >= 4 is 103 Å². The molecule has 0 saturated carbocycles. The number of amides is 2. The summed E-state index contributed by atoms with van der Waals surface area (Å²) in [5.74, 6) is -2.34. The lowest BCUT2D eigenvalue weighted by Crippen LogP contribution is -2.26. The number of carbonyl (C=O) groups excluding carboxylic acids is 3. The van der Waals surface area contributed by atoms with E-state index in [0.29, 0.717) is 22.1 Å². The number of anilines is 2. The van der Waals surface area contributed by atoms with Crippen LogP contribution < -0.4 is 16.0 Å². The van der Waals surface area contributed by atoms with Crippen LogP contribution in [0.5, 0.6) is 0 Å². The summed E-state index contributed by atoms with van der Waals surface area (Å²) in [4.78, 5) is 49.4. The highest BCUT2D eigenvalue weighted by Gasteiger charge is 2.29. The summed E-state index contributed by atoms with van der Waals surface area (Å²) in [5.41, 5.74) is 1.38. The Morgan fingerprint density at radius 1 is 1.00 bits per heavy atom. The third-order valence-electron chi connectivity index (χ3n) is 4.14. The zero-order valence-electron chi connectivity index (χ0n) is 16.8. The maximum absolute atomic E-state index is 13.6. The summed E-state index contributed by atoms with van der Waals surface area (Å²) < 4.78 is 6.21. The Hall–Kier alpha value is -1.53. The van der Waals surface area contributed by atoms with Gasteiger partial charge in [0.1, 0.15) is 13.2 Å². The Morgan fingerprint density at radius 2 is 1.62 bits per heavy atom. The smallest absolute Gasteiger partial charge is 0.322 e. The highest BCUT2D eigenvalue weighted by molar-refractivity contribution is 14.1. The van der Waals surface area contributed by atoms with Gasteiger partial charge < -0.3 is 25.8 Å². The Kier molecular flexibility index (Phi) is 10.1. The van der Waals surface area contributed by atoms with E-state index >= 15 is 0 Å². The van der Waals surface area contributed by atoms with Gasteiger partial charge in [0.2, 0.25) is 5.91 Å². The first kappa shape index (κ1) is 26.7. The molecule has 2 amide bonds. The van der Waals surface area contributed by atoms with Gasteiger partial charge in [0, 0.05) is 32.5 Å². The number of hydrogen-bond donors (Lipinski definition) is 4. The van der Waals surface area contributed by atoms with Crippen molar-refractivity contribution in [2.75, 3.05) is 37.9 Å². The van der Waals surface area contributed by atoms with Crippen LogP contribution in [-0.4, -0.2) is 56.0 Å². The van der Waals surface area contributed by atoms with E-state index in [-0.39, 0.29) is 29.8 Å². The summed E-state index contributed by atoms with van der Waals surface area (Å²) >= 11 is 5.86. The maximum Gasteiger partial charge on any atom is 0.322 e. The number of para-hydroxylation sites is 1. The number of halogens is 3. The van der Waals surface area contributed by atoms with E-state index < -0.39 is 23.6 Å². The fourth-order valence-electron chi connectivity index (χ4n) is 2.74. The molecule has 0 spiro atoms. The van der Waals surface area contributed by atoms with Crippen molar-refractivity contribution in [2.45, 2.75) is 0 Å². The average molecular weight is 777 g/mol. The lowest BCUT2D eigenvalue weighted by molar-refractivity contribution is -0.135. The number of aliphatic carboxylic acids is 1. The molecule has 0 saturated heterocycles. The van der Waals surface area contributed by atoms with E-state index in [0.717, 1.165) is 0 Å². The van der Waals surface area contributed by atoms with Crippen molar-refractivity contribution in [1.29, 1.82) is 0 Å². The van der Waals surface area contributed by atoms with Crippen LogP contribution in [0.1, 0.15) is 26.3 Å². The van der Waals surface area contributed by atoms with Gasteiger partial charge in [0.15, 0.2) is 5.78 Å². The van der Waals surface area contributed by atoms with Crippen LogP contribution in [0, 0.1) is 10.7 Å². The van der Waals surface area contributed by atoms with Crippen LogP contribution in [0.3, 0.4) is 0 Å². The first-order chi connectivity index (χ1) is 15.1. The predicted octanol–water partition coefficient (Wildman–Crippen LogP) is 3.17. The van der Waals surface area contributed by atoms with Gasteiger partial charge in [0.25, 0.3) is 5.91 Å². The third-order valence-corrected chi connectivity index (χ3v) is 7.38. The van der Waals surface area contributed by atoms with Crippen molar-refractivity contribution in [3.8, 4) is 0 Å². The van der Waals surface area contributed by atoms with Gasteiger partial charge in [-0.3, -0.25) is 19.2 Å². The molecule has 0 aliphatic heterocycles. The van der Waals surface area contributed by atoms with Crippen molar-refractivity contribution in [1.82, 2.24) is 5.32 Å². The molecule has 2 rings (SSSR count). The lowest BCUT2D eigenvalue weighted by atomic mass is 9.98. The number of carboxylic acids is 1. The molecular weight excluding hydrogens is 759 g/mol. The number of rotatable bonds is 9. The highest BCUT2D eigenvalue weighted by Crippen LogP contribution is 2.37. The van der Waals surface area contributed by atoms with Crippen molar-refractivity contribution < 1.29 is 29.0 Å². The maximum atomic E-state index is 13.6. The molecule has 0 unspecified atom stereocenters. The SMILES string of the molecule is CNC(=O)c1c(I)c(NC(=O)COC)c(I)c(C(=O)c2ccccc2NCC(=O)O)c1I. The van der Waals surface area contributed by atoms with Gasteiger partial charge in [-0.1, -0.05) is 12.1 Å². The highest BCUT2D eigenvalue weighted by atomic mass is 127. The number of nitrogens with one attached hydrogen (secondary N) is 3. The first-order valence-corrected chi connectivity index (χ1v) is 12.2. The standard InChI is InChI=1S/C20H18I3N3O6/c1-24-20(31)14-15(21)13(16(22)18(17(14)23)26-11(27)8-32-2)19(30)9-5-3-4-6-10(9)25-7-12(28)29/h3-6,25H,7-8H2,1-2H3,(H,24,31)(H,26,27)(H,28,29). The number of ether oxygens (including phenoxy) is 1. The van der Waals surface area contributed by atoms with Crippen LogP contribution in [-0.2, 0) is 14.3 Å². The summed E-state index contributed by atoms with van der Waals surface area (Å²) in [5, 5.41) is 17.0. The number of hydrogen-bond acceptors (Lipinski definition) is 6. The van der Waals surface area contributed by atoms with E-state index in [1.54, 1.807) is 24.3 Å². The number of carbonyl (C=O) groups is 4.